The lowest BCUT2D eigenvalue weighted by molar-refractivity contribution is -0.122. The van der Waals surface area contributed by atoms with E-state index in [1.807, 2.05) is 37.3 Å². The number of benzene rings is 1. The Morgan fingerprint density at radius 1 is 1.41 bits per heavy atom. The summed E-state index contributed by atoms with van der Waals surface area (Å²) in [7, 11) is -2.94. The molecule has 0 radical (unpaired) electrons. The van der Waals surface area contributed by atoms with Crippen molar-refractivity contribution in [3.05, 3.63) is 36.1 Å². The molecule has 22 heavy (non-hydrogen) atoms. The van der Waals surface area contributed by atoms with Gasteiger partial charge in [0.05, 0.1) is 17.5 Å². The van der Waals surface area contributed by atoms with Crippen molar-refractivity contribution in [1.29, 1.82) is 0 Å². The number of carbonyl (C=O) groups is 1. The van der Waals surface area contributed by atoms with Crippen LogP contribution in [0.1, 0.15) is 31.6 Å². The largest absolute Gasteiger partial charge is 0.459 e. The first-order valence-corrected chi connectivity index (χ1v) is 9.23. The Morgan fingerprint density at radius 3 is 2.86 bits per heavy atom. The third-order valence-electron chi connectivity index (χ3n) is 4.05. The number of hydrogen-bond acceptors (Lipinski definition) is 4. The van der Waals surface area contributed by atoms with Gasteiger partial charge >= 0.3 is 0 Å². The molecule has 1 aromatic heterocycles. The van der Waals surface area contributed by atoms with Gasteiger partial charge in [0.25, 0.3) is 0 Å². The first-order chi connectivity index (χ1) is 10.4. The summed E-state index contributed by atoms with van der Waals surface area (Å²) < 4.78 is 28.6. The maximum absolute atomic E-state index is 12.1. The molecule has 118 valence electrons. The van der Waals surface area contributed by atoms with Gasteiger partial charge in [-0.15, -0.1) is 0 Å². The van der Waals surface area contributed by atoms with E-state index < -0.39 is 9.84 Å². The first kappa shape index (κ1) is 15.1. The lowest BCUT2D eigenvalue weighted by Gasteiger charge is -2.13. The van der Waals surface area contributed by atoms with Gasteiger partial charge in [0.15, 0.2) is 9.84 Å². The van der Waals surface area contributed by atoms with Crippen molar-refractivity contribution in [3.8, 4) is 0 Å². The molecule has 0 saturated carbocycles. The van der Waals surface area contributed by atoms with Crippen LogP contribution < -0.4 is 5.32 Å². The second kappa shape index (κ2) is 5.76. The SMILES string of the molecule is CC(NC(=O)CC1CCS(=O)(=O)C1)c1cc2ccccc2o1. The average molecular weight is 321 g/mol. The fourth-order valence-corrected chi connectivity index (χ4v) is 4.74. The van der Waals surface area contributed by atoms with Gasteiger partial charge in [0, 0.05) is 11.8 Å². The van der Waals surface area contributed by atoms with Crippen LogP contribution in [0.25, 0.3) is 11.0 Å². The molecular weight excluding hydrogens is 302 g/mol. The van der Waals surface area contributed by atoms with Crippen molar-refractivity contribution in [1.82, 2.24) is 5.32 Å². The normalized spacial score (nSPS) is 21.8. The predicted octanol–water partition coefficient (Wildman–Crippen LogP) is 2.43. The fraction of sp³-hybridized carbons (Fsp3) is 0.438. The number of sulfone groups is 1. The highest BCUT2D eigenvalue weighted by Crippen LogP contribution is 2.25. The zero-order chi connectivity index (χ0) is 15.7. The molecule has 0 spiro atoms. The summed E-state index contributed by atoms with van der Waals surface area (Å²) in [6, 6.07) is 9.36. The molecule has 1 aliphatic rings. The monoisotopic (exact) mass is 321 g/mol. The number of hydrogen-bond donors (Lipinski definition) is 1. The Kier molecular flexibility index (Phi) is 3.95. The van der Waals surface area contributed by atoms with Crippen LogP contribution >= 0.6 is 0 Å². The first-order valence-electron chi connectivity index (χ1n) is 7.41. The maximum Gasteiger partial charge on any atom is 0.220 e. The molecule has 1 saturated heterocycles. The summed E-state index contributed by atoms with van der Waals surface area (Å²) >= 11 is 0. The van der Waals surface area contributed by atoms with E-state index in [-0.39, 0.29) is 35.8 Å². The van der Waals surface area contributed by atoms with E-state index >= 15 is 0 Å². The molecule has 2 atom stereocenters. The summed E-state index contributed by atoms with van der Waals surface area (Å²) in [6.45, 7) is 1.86. The topological polar surface area (TPSA) is 76.4 Å². The Balaban J connectivity index is 1.61. The molecule has 0 bridgehead atoms. The van der Waals surface area contributed by atoms with Crippen LogP contribution in [0.5, 0.6) is 0 Å². The summed E-state index contributed by atoms with van der Waals surface area (Å²) in [4.78, 5) is 12.1. The number of amides is 1. The lowest BCUT2D eigenvalue weighted by atomic mass is 10.0. The smallest absolute Gasteiger partial charge is 0.220 e. The fourth-order valence-electron chi connectivity index (χ4n) is 2.88. The lowest BCUT2D eigenvalue weighted by Crippen LogP contribution is -2.28. The predicted molar refractivity (Wildman–Crippen MR) is 84.1 cm³/mol. The highest BCUT2D eigenvalue weighted by atomic mass is 32.2. The summed E-state index contributed by atoms with van der Waals surface area (Å²) in [5.41, 5.74) is 0.792. The van der Waals surface area contributed by atoms with Gasteiger partial charge in [-0.3, -0.25) is 4.79 Å². The van der Waals surface area contributed by atoms with E-state index in [9.17, 15) is 13.2 Å². The Labute approximate surface area is 129 Å². The van der Waals surface area contributed by atoms with Crippen LogP contribution in [0.3, 0.4) is 0 Å². The van der Waals surface area contributed by atoms with Gasteiger partial charge in [-0.25, -0.2) is 8.42 Å². The van der Waals surface area contributed by atoms with Crippen LogP contribution in [-0.2, 0) is 14.6 Å². The van der Waals surface area contributed by atoms with E-state index in [1.165, 1.54) is 0 Å². The number of nitrogens with one attached hydrogen (secondary N) is 1. The molecule has 2 heterocycles. The van der Waals surface area contributed by atoms with Crippen molar-refractivity contribution in [2.75, 3.05) is 11.5 Å². The van der Waals surface area contributed by atoms with Crippen LogP contribution in [-0.4, -0.2) is 25.8 Å². The minimum absolute atomic E-state index is 0.0622. The highest BCUT2D eigenvalue weighted by molar-refractivity contribution is 7.91. The number of para-hydroxylation sites is 1. The second-order valence-electron chi connectivity index (χ2n) is 5.95. The Bertz CT molecular complexity index is 760. The molecule has 1 aromatic carbocycles. The average Bonchev–Trinajstić information content (AvgIpc) is 3.01. The second-order valence-corrected chi connectivity index (χ2v) is 8.18. The number of rotatable bonds is 4. The van der Waals surface area contributed by atoms with Crippen molar-refractivity contribution in [2.24, 2.45) is 5.92 Å². The quantitative estimate of drug-likeness (QED) is 0.938. The van der Waals surface area contributed by atoms with Gasteiger partial charge in [-0.2, -0.15) is 0 Å². The Morgan fingerprint density at radius 2 is 2.18 bits per heavy atom. The number of furan rings is 1. The number of fused-ring (bicyclic) bond motifs is 1. The van der Waals surface area contributed by atoms with Gasteiger partial charge in [0.1, 0.15) is 11.3 Å². The molecule has 2 aromatic rings. The van der Waals surface area contributed by atoms with Crippen LogP contribution in [0.15, 0.2) is 34.7 Å². The van der Waals surface area contributed by atoms with Gasteiger partial charge in [0.2, 0.25) is 5.91 Å². The van der Waals surface area contributed by atoms with E-state index in [1.54, 1.807) is 0 Å². The molecule has 6 heteroatoms. The third kappa shape index (κ3) is 3.32. The molecule has 1 fully saturated rings. The third-order valence-corrected chi connectivity index (χ3v) is 5.89. The maximum atomic E-state index is 12.1. The molecule has 5 nitrogen and oxygen atoms in total. The summed E-state index contributed by atoms with van der Waals surface area (Å²) in [5, 5.41) is 3.88. The minimum atomic E-state index is -2.94. The van der Waals surface area contributed by atoms with Gasteiger partial charge < -0.3 is 9.73 Å². The van der Waals surface area contributed by atoms with Crippen molar-refractivity contribution in [2.45, 2.75) is 25.8 Å². The molecule has 1 amide bonds. The van der Waals surface area contributed by atoms with Gasteiger partial charge in [-0.1, -0.05) is 18.2 Å². The minimum Gasteiger partial charge on any atom is -0.459 e. The van der Waals surface area contributed by atoms with Crippen LogP contribution in [0, 0.1) is 5.92 Å². The van der Waals surface area contributed by atoms with Gasteiger partial charge in [-0.05, 0) is 31.4 Å². The molecule has 2 unspecified atom stereocenters. The number of carbonyl (C=O) groups excluding carboxylic acids is 1. The summed E-state index contributed by atoms with van der Waals surface area (Å²) in [5.74, 6) is 0.834. The van der Waals surface area contributed by atoms with Crippen molar-refractivity contribution < 1.29 is 17.6 Å². The van der Waals surface area contributed by atoms with Crippen LogP contribution in [0.2, 0.25) is 0 Å². The standard InChI is InChI=1S/C16H19NO4S/c1-11(15-9-13-4-2-3-5-14(13)21-15)17-16(18)8-12-6-7-22(19,20)10-12/h2-5,9,11-12H,6-8,10H2,1H3,(H,17,18). The van der Waals surface area contributed by atoms with Crippen LogP contribution in [0.4, 0.5) is 0 Å². The molecule has 3 rings (SSSR count). The molecule has 1 N–H and O–H groups in total. The van der Waals surface area contributed by atoms with E-state index in [4.69, 9.17) is 4.42 Å². The zero-order valence-corrected chi connectivity index (χ0v) is 13.2. The molecular formula is C16H19NO4S. The molecule has 1 aliphatic heterocycles. The highest BCUT2D eigenvalue weighted by Gasteiger charge is 2.29. The van der Waals surface area contributed by atoms with Crippen molar-refractivity contribution >= 4 is 26.7 Å². The Hall–Kier alpha value is -1.82. The van der Waals surface area contributed by atoms with E-state index in [2.05, 4.69) is 5.32 Å². The molecule has 0 aliphatic carbocycles. The zero-order valence-electron chi connectivity index (χ0n) is 12.4. The summed E-state index contributed by atoms with van der Waals surface area (Å²) in [6.07, 6.45) is 0.832. The van der Waals surface area contributed by atoms with E-state index in [0.29, 0.717) is 12.2 Å². The van der Waals surface area contributed by atoms with E-state index in [0.717, 1.165) is 11.0 Å². The van der Waals surface area contributed by atoms with Crippen molar-refractivity contribution in [3.63, 3.8) is 0 Å².